The summed E-state index contributed by atoms with van der Waals surface area (Å²) in [6.07, 6.45) is 0. The van der Waals surface area contributed by atoms with Crippen LogP contribution in [0.1, 0.15) is 36.1 Å². The highest BCUT2D eigenvalue weighted by atomic mass is 15.1. The number of benzene rings is 9. The first-order valence-corrected chi connectivity index (χ1v) is 20.0. The van der Waals surface area contributed by atoms with Crippen LogP contribution >= 0.6 is 0 Å². The number of aromatic nitrogens is 1. The van der Waals surface area contributed by atoms with Crippen LogP contribution < -0.4 is 4.90 Å². The first kappa shape index (κ1) is 33.4. The van der Waals surface area contributed by atoms with Crippen molar-refractivity contribution < 1.29 is 0 Å². The smallest absolute Gasteiger partial charge is 0.0544 e. The minimum atomic E-state index is -0.252. The minimum absolute atomic E-state index is 0.252. The minimum Gasteiger partial charge on any atom is -0.310 e. The van der Waals surface area contributed by atoms with Gasteiger partial charge in [0.15, 0.2) is 0 Å². The first-order valence-electron chi connectivity index (χ1n) is 20.0. The van der Waals surface area contributed by atoms with Crippen molar-refractivity contribution in [3.63, 3.8) is 0 Å². The molecule has 57 heavy (non-hydrogen) atoms. The molecule has 1 heterocycles. The lowest BCUT2D eigenvalue weighted by atomic mass is 9.81. The first-order chi connectivity index (χ1) is 27.8. The number of aryl methyl sites for hydroxylation is 2. The van der Waals surface area contributed by atoms with Gasteiger partial charge in [-0.1, -0.05) is 140 Å². The van der Waals surface area contributed by atoms with Gasteiger partial charge in [-0.2, -0.15) is 0 Å². The standard InChI is InChI=1S/C55H42N2/c1-35-18-23-41(24-19-35)56(42-25-21-38-14-8-9-15-39(38)31-42)43-26-27-46-49(33-43)55(3,4)50-34-53(44-16-10-11-17-45(44)54(46)50)57-51-28-20-36(2)30-47(51)48-32-40(22-29-52(48)57)37-12-6-5-7-13-37/h5-34H,1-4H3. The maximum absolute atomic E-state index is 2.52. The van der Waals surface area contributed by atoms with E-state index in [1.54, 1.807) is 0 Å². The van der Waals surface area contributed by atoms with E-state index in [0.717, 1.165) is 17.1 Å². The molecule has 0 saturated carbocycles. The molecule has 0 atom stereocenters. The van der Waals surface area contributed by atoms with E-state index in [-0.39, 0.29) is 5.41 Å². The van der Waals surface area contributed by atoms with Gasteiger partial charge in [-0.3, -0.25) is 0 Å². The molecule has 272 valence electrons. The monoisotopic (exact) mass is 730 g/mol. The predicted octanol–water partition coefficient (Wildman–Crippen LogP) is 15.2. The van der Waals surface area contributed by atoms with Crippen molar-refractivity contribution in [1.82, 2.24) is 4.57 Å². The van der Waals surface area contributed by atoms with Crippen LogP contribution in [0.25, 0.3) is 71.3 Å². The van der Waals surface area contributed by atoms with E-state index in [1.165, 1.54) is 93.5 Å². The lowest BCUT2D eigenvalue weighted by Crippen LogP contribution is -2.17. The average Bonchev–Trinajstić information content (AvgIpc) is 3.68. The van der Waals surface area contributed by atoms with Crippen LogP contribution in [0.15, 0.2) is 182 Å². The van der Waals surface area contributed by atoms with Crippen LogP contribution in [0.3, 0.4) is 0 Å². The third-order valence-corrected chi connectivity index (χ3v) is 12.5. The summed E-state index contributed by atoms with van der Waals surface area (Å²) in [5, 5.41) is 7.58. The Kier molecular flexibility index (Phi) is 7.37. The SMILES string of the molecule is Cc1ccc(N(c2ccc3c(c2)C(C)(C)c2cc(-n4c5ccc(C)cc5c5cc(-c6ccccc6)ccc54)c4ccccc4c2-3)c2ccc3ccccc3c2)cc1. The van der Waals surface area contributed by atoms with Crippen molar-refractivity contribution in [3.8, 4) is 27.9 Å². The molecule has 10 aromatic rings. The Morgan fingerprint density at radius 3 is 1.86 bits per heavy atom. The fraction of sp³-hybridized carbons (Fsp3) is 0.0909. The van der Waals surface area contributed by atoms with Crippen LogP contribution in [0.4, 0.5) is 17.1 Å². The molecule has 0 N–H and O–H groups in total. The van der Waals surface area contributed by atoms with Gasteiger partial charge < -0.3 is 9.47 Å². The van der Waals surface area contributed by atoms with Gasteiger partial charge in [0.1, 0.15) is 0 Å². The summed E-state index contributed by atoms with van der Waals surface area (Å²) in [5.41, 5.74) is 17.2. The van der Waals surface area contributed by atoms with Gasteiger partial charge in [-0.25, -0.2) is 0 Å². The molecule has 1 aliphatic carbocycles. The summed E-state index contributed by atoms with van der Waals surface area (Å²) in [7, 11) is 0. The van der Waals surface area contributed by atoms with E-state index in [1.807, 2.05) is 0 Å². The van der Waals surface area contributed by atoms with Gasteiger partial charge in [0.25, 0.3) is 0 Å². The van der Waals surface area contributed by atoms with E-state index in [4.69, 9.17) is 0 Å². The Hall–Kier alpha value is -6.90. The molecule has 0 saturated heterocycles. The van der Waals surface area contributed by atoms with E-state index in [0.29, 0.717) is 0 Å². The zero-order chi connectivity index (χ0) is 38.4. The Morgan fingerprint density at radius 2 is 1.05 bits per heavy atom. The van der Waals surface area contributed by atoms with E-state index >= 15 is 0 Å². The highest BCUT2D eigenvalue weighted by Crippen LogP contribution is 2.54. The largest absolute Gasteiger partial charge is 0.310 e. The average molecular weight is 731 g/mol. The summed E-state index contributed by atoms with van der Waals surface area (Å²) in [6, 6.07) is 67.7. The van der Waals surface area contributed by atoms with E-state index in [2.05, 4.69) is 219 Å². The Morgan fingerprint density at radius 1 is 0.421 bits per heavy atom. The molecule has 0 aliphatic heterocycles. The number of anilines is 3. The van der Waals surface area contributed by atoms with Crippen molar-refractivity contribution in [2.24, 2.45) is 0 Å². The highest BCUT2D eigenvalue weighted by molar-refractivity contribution is 6.14. The summed E-state index contributed by atoms with van der Waals surface area (Å²) in [5.74, 6) is 0. The molecule has 2 heteroatoms. The highest BCUT2D eigenvalue weighted by Gasteiger charge is 2.38. The van der Waals surface area contributed by atoms with Crippen LogP contribution in [-0.4, -0.2) is 4.57 Å². The quantitative estimate of drug-likeness (QED) is 0.171. The van der Waals surface area contributed by atoms with Gasteiger partial charge in [0.2, 0.25) is 0 Å². The Labute approximate surface area is 333 Å². The molecule has 1 aromatic heterocycles. The third kappa shape index (κ3) is 5.17. The fourth-order valence-corrected chi connectivity index (χ4v) is 9.54. The van der Waals surface area contributed by atoms with Gasteiger partial charge in [0, 0.05) is 38.6 Å². The summed E-state index contributed by atoms with van der Waals surface area (Å²) < 4.78 is 2.52. The molecular weight excluding hydrogens is 689 g/mol. The van der Waals surface area contributed by atoms with Crippen molar-refractivity contribution in [2.75, 3.05) is 4.90 Å². The molecule has 0 bridgehead atoms. The molecule has 1 aliphatic rings. The van der Waals surface area contributed by atoms with Gasteiger partial charge in [0.05, 0.1) is 16.7 Å². The molecule has 2 nitrogen and oxygen atoms in total. The predicted molar refractivity (Wildman–Crippen MR) is 243 cm³/mol. The molecule has 0 unspecified atom stereocenters. The summed E-state index contributed by atoms with van der Waals surface area (Å²) in [6.45, 7) is 9.17. The lowest BCUT2D eigenvalue weighted by Gasteiger charge is -2.28. The fourth-order valence-electron chi connectivity index (χ4n) is 9.54. The van der Waals surface area contributed by atoms with Crippen molar-refractivity contribution in [2.45, 2.75) is 33.1 Å². The second kappa shape index (κ2) is 12.6. The normalized spacial score (nSPS) is 13.1. The molecule has 0 amide bonds. The molecule has 0 spiro atoms. The summed E-state index contributed by atoms with van der Waals surface area (Å²) in [4.78, 5) is 2.42. The van der Waals surface area contributed by atoms with Crippen molar-refractivity contribution >= 4 is 60.4 Å². The maximum atomic E-state index is 2.52. The van der Waals surface area contributed by atoms with Crippen LogP contribution in [0.5, 0.6) is 0 Å². The Balaban J connectivity index is 1.12. The van der Waals surface area contributed by atoms with Crippen LogP contribution in [0.2, 0.25) is 0 Å². The van der Waals surface area contributed by atoms with Gasteiger partial charge in [-0.15, -0.1) is 0 Å². The second-order valence-electron chi connectivity index (χ2n) is 16.4. The van der Waals surface area contributed by atoms with Crippen LogP contribution in [0, 0.1) is 13.8 Å². The number of hydrogen-bond donors (Lipinski definition) is 0. The molecule has 0 radical (unpaired) electrons. The van der Waals surface area contributed by atoms with Gasteiger partial charge >= 0.3 is 0 Å². The van der Waals surface area contributed by atoms with Crippen molar-refractivity contribution in [3.05, 3.63) is 204 Å². The van der Waals surface area contributed by atoms with Gasteiger partial charge in [-0.05, 0) is 130 Å². The molecule has 0 fully saturated rings. The number of rotatable bonds is 5. The number of fused-ring (bicyclic) bond motifs is 9. The topological polar surface area (TPSA) is 8.17 Å². The summed E-state index contributed by atoms with van der Waals surface area (Å²) >= 11 is 0. The molecule has 11 rings (SSSR count). The molecular formula is C55H42N2. The van der Waals surface area contributed by atoms with E-state index in [9.17, 15) is 0 Å². The third-order valence-electron chi connectivity index (χ3n) is 12.5. The zero-order valence-corrected chi connectivity index (χ0v) is 32.7. The number of hydrogen-bond acceptors (Lipinski definition) is 1. The lowest BCUT2D eigenvalue weighted by molar-refractivity contribution is 0.660. The van der Waals surface area contributed by atoms with Crippen LogP contribution in [-0.2, 0) is 5.41 Å². The zero-order valence-electron chi connectivity index (χ0n) is 32.7. The number of nitrogens with zero attached hydrogens (tertiary/aromatic N) is 2. The molecule has 9 aromatic carbocycles. The maximum Gasteiger partial charge on any atom is 0.0544 e. The Bertz CT molecular complexity index is 3220. The van der Waals surface area contributed by atoms with E-state index < -0.39 is 0 Å². The van der Waals surface area contributed by atoms with Crippen molar-refractivity contribution in [1.29, 1.82) is 0 Å². The second-order valence-corrected chi connectivity index (χ2v) is 16.4.